The van der Waals surface area contributed by atoms with Crippen molar-refractivity contribution in [2.75, 3.05) is 0 Å². The Kier molecular flexibility index (Phi) is 2.83. The van der Waals surface area contributed by atoms with Crippen LogP contribution in [0, 0.1) is 5.82 Å². The first-order chi connectivity index (χ1) is 9.21. The molecule has 94 valence electrons. The molecule has 0 saturated carbocycles. The fourth-order valence-corrected chi connectivity index (χ4v) is 2.39. The molecule has 1 aliphatic rings. The summed E-state index contributed by atoms with van der Waals surface area (Å²) in [5.41, 5.74) is 1.19. The smallest absolute Gasteiger partial charge is 0.193 e. The highest BCUT2D eigenvalue weighted by Crippen LogP contribution is 2.30. The number of thiocarbonyl (C=S) groups is 1. The number of nitrogens with zero attached hydrogens (tertiary/aromatic N) is 2. The van der Waals surface area contributed by atoms with Crippen LogP contribution in [0.4, 0.5) is 4.39 Å². The standard InChI is InChI=1S/C14H10FN3S/c15-12-3-1-10(2-4-12)14(9-17-13(19)18-14)11-5-7-16-8-6-11/h1-9H,(H,18,19). The minimum absolute atomic E-state index is 0.272. The second-order valence-electron chi connectivity index (χ2n) is 4.24. The molecule has 1 unspecified atom stereocenters. The van der Waals surface area contributed by atoms with Gasteiger partial charge in [-0.2, -0.15) is 0 Å². The van der Waals surface area contributed by atoms with Crippen LogP contribution < -0.4 is 5.32 Å². The van der Waals surface area contributed by atoms with Gasteiger partial charge in [-0.25, -0.2) is 9.38 Å². The number of aromatic nitrogens is 1. The number of benzene rings is 1. The largest absolute Gasteiger partial charge is 0.343 e. The number of halogens is 1. The Morgan fingerprint density at radius 3 is 2.21 bits per heavy atom. The molecule has 3 rings (SSSR count). The minimum Gasteiger partial charge on any atom is -0.343 e. The van der Waals surface area contributed by atoms with E-state index in [1.54, 1.807) is 30.7 Å². The zero-order valence-electron chi connectivity index (χ0n) is 9.88. The normalized spacial score (nSPS) is 21.4. The third kappa shape index (κ3) is 2.02. The third-order valence-electron chi connectivity index (χ3n) is 3.11. The monoisotopic (exact) mass is 271 g/mol. The molecule has 0 amide bonds. The summed E-state index contributed by atoms with van der Waals surface area (Å²) < 4.78 is 13.1. The summed E-state index contributed by atoms with van der Waals surface area (Å²) in [7, 11) is 0. The van der Waals surface area contributed by atoms with E-state index < -0.39 is 5.54 Å². The lowest BCUT2D eigenvalue weighted by Crippen LogP contribution is -2.42. The Labute approximate surface area is 115 Å². The average Bonchev–Trinajstić information content (AvgIpc) is 2.84. The van der Waals surface area contributed by atoms with Crippen molar-refractivity contribution in [3.8, 4) is 0 Å². The van der Waals surface area contributed by atoms with E-state index in [4.69, 9.17) is 12.2 Å². The minimum atomic E-state index is -0.645. The van der Waals surface area contributed by atoms with Gasteiger partial charge in [-0.15, -0.1) is 0 Å². The fraction of sp³-hybridized carbons (Fsp3) is 0.0714. The number of hydrogen-bond donors (Lipinski definition) is 1. The molecule has 2 heterocycles. The van der Waals surface area contributed by atoms with E-state index in [0.29, 0.717) is 5.11 Å². The Balaban J connectivity index is 2.16. The van der Waals surface area contributed by atoms with Crippen LogP contribution in [0.3, 0.4) is 0 Å². The average molecular weight is 271 g/mol. The van der Waals surface area contributed by atoms with E-state index in [1.807, 2.05) is 12.1 Å². The molecule has 0 spiro atoms. The van der Waals surface area contributed by atoms with Gasteiger partial charge in [0.25, 0.3) is 0 Å². The van der Waals surface area contributed by atoms with Gasteiger partial charge in [0.1, 0.15) is 11.4 Å². The van der Waals surface area contributed by atoms with Gasteiger partial charge in [-0.05, 0) is 47.6 Å². The maximum absolute atomic E-state index is 13.1. The van der Waals surface area contributed by atoms with Crippen molar-refractivity contribution in [3.05, 3.63) is 65.7 Å². The van der Waals surface area contributed by atoms with Gasteiger partial charge in [0.05, 0.1) is 0 Å². The molecule has 0 radical (unpaired) electrons. The van der Waals surface area contributed by atoms with Crippen LogP contribution in [-0.4, -0.2) is 16.3 Å². The molecule has 19 heavy (non-hydrogen) atoms. The van der Waals surface area contributed by atoms with Gasteiger partial charge in [-0.3, -0.25) is 4.98 Å². The highest BCUT2D eigenvalue weighted by Gasteiger charge is 2.36. The van der Waals surface area contributed by atoms with Crippen molar-refractivity contribution in [1.29, 1.82) is 0 Å². The zero-order chi connectivity index (χ0) is 13.3. The third-order valence-corrected chi connectivity index (χ3v) is 3.32. The van der Waals surface area contributed by atoms with E-state index >= 15 is 0 Å². The Bertz CT molecular complexity index is 640. The van der Waals surface area contributed by atoms with Crippen LogP contribution in [0.5, 0.6) is 0 Å². The van der Waals surface area contributed by atoms with Crippen LogP contribution >= 0.6 is 12.2 Å². The molecule has 1 aromatic carbocycles. The second kappa shape index (κ2) is 4.51. The van der Waals surface area contributed by atoms with Crippen LogP contribution in [-0.2, 0) is 5.54 Å². The van der Waals surface area contributed by atoms with Crippen molar-refractivity contribution in [2.24, 2.45) is 4.99 Å². The summed E-state index contributed by atoms with van der Waals surface area (Å²) in [6, 6.07) is 10.1. The van der Waals surface area contributed by atoms with Crippen molar-refractivity contribution in [2.45, 2.75) is 5.54 Å². The molecule has 0 bridgehead atoms. The molecule has 0 aliphatic carbocycles. The van der Waals surface area contributed by atoms with Crippen LogP contribution in [0.15, 0.2) is 53.8 Å². The maximum atomic E-state index is 13.1. The van der Waals surface area contributed by atoms with E-state index in [-0.39, 0.29) is 5.82 Å². The topological polar surface area (TPSA) is 37.3 Å². The molecule has 5 heteroatoms. The first-order valence-corrected chi connectivity index (χ1v) is 6.15. The lowest BCUT2D eigenvalue weighted by molar-refractivity contribution is 0.621. The van der Waals surface area contributed by atoms with Crippen molar-refractivity contribution < 1.29 is 4.39 Å². The maximum Gasteiger partial charge on any atom is 0.193 e. The molecule has 2 aromatic rings. The number of hydrogen-bond acceptors (Lipinski definition) is 2. The summed E-state index contributed by atoms with van der Waals surface area (Å²) in [5, 5.41) is 3.60. The van der Waals surface area contributed by atoms with E-state index in [2.05, 4.69) is 15.3 Å². The van der Waals surface area contributed by atoms with E-state index in [9.17, 15) is 4.39 Å². The summed E-state index contributed by atoms with van der Waals surface area (Å²) in [4.78, 5) is 8.16. The number of nitrogens with one attached hydrogen (secondary N) is 1. The van der Waals surface area contributed by atoms with Gasteiger partial charge in [0.15, 0.2) is 5.11 Å². The first-order valence-electron chi connectivity index (χ1n) is 5.75. The van der Waals surface area contributed by atoms with Gasteiger partial charge in [-0.1, -0.05) is 12.1 Å². The second-order valence-corrected chi connectivity index (χ2v) is 4.63. The molecule has 0 saturated heterocycles. The number of pyridine rings is 1. The van der Waals surface area contributed by atoms with Crippen molar-refractivity contribution in [3.63, 3.8) is 0 Å². The summed E-state index contributed by atoms with van der Waals surface area (Å²) in [5.74, 6) is -0.272. The van der Waals surface area contributed by atoms with Crippen molar-refractivity contribution in [1.82, 2.24) is 10.3 Å². The van der Waals surface area contributed by atoms with Crippen molar-refractivity contribution >= 4 is 23.5 Å². The van der Waals surface area contributed by atoms with E-state index in [0.717, 1.165) is 11.1 Å². The predicted octanol–water partition coefficient (Wildman–Crippen LogP) is 2.42. The van der Waals surface area contributed by atoms with Crippen LogP contribution in [0.1, 0.15) is 11.1 Å². The van der Waals surface area contributed by atoms with Gasteiger partial charge in [0, 0.05) is 18.6 Å². The van der Waals surface area contributed by atoms with E-state index in [1.165, 1.54) is 12.1 Å². The van der Waals surface area contributed by atoms with Gasteiger partial charge >= 0.3 is 0 Å². The molecular formula is C14H10FN3S. The molecule has 1 N–H and O–H groups in total. The van der Waals surface area contributed by atoms with Gasteiger partial charge in [0.2, 0.25) is 0 Å². The highest BCUT2D eigenvalue weighted by atomic mass is 32.1. The summed E-state index contributed by atoms with van der Waals surface area (Å²) in [6.07, 6.45) is 5.16. The number of rotatable bonds is 2. The lowest BCUT2D eigenvalue weighted by atomic mass is 9.85. The zero-order valence-corrected chi connectivity index (χ0v) is 10.7. The summed E-state index contributed by atoms with van der Waals surface area (Å²) in [6.45, 7) is 0. The first kappa shape index (κ1) is 11.9. The fourth-order valence-electron chi connectivity index (χ4n) is 2.18. The molecule has 3 nitrogen and oxygen atoms in total. The molecule has 1 atom stereocenters. The predicted molar refractivity (Wildman–Crippen MR) is 75.6 cm³/mol. The Morgan fingerprint density at radius 2 is 1.63 bits per heavy atom. The highest BCUT2D eigenvalue weighted by molar-refractivity contribution is 7.80. The Hall–Kier alpha value is -2.14. The summed E-state index contributed by atoms with van der Waals surface area (Å²) >= 11 is 5.09. The lowest BCUT2D eigenvalue weighted by Gasteiger charge is -2.28. The quantitative estimate of drug-likeness (QED) is 0.852. The molecular weight excluding hydrogens is 261 g/mol. The molecule has 0 fully saturated rings. The molecule has 1 aliphatic heterocycles. The van der Waals surface area contributed by atoms with Gasteiger partial charge < -0.3 is 5.32 Å². The van der Waals surface area contributed by atoms with Crippen LogP contribution in [0.2, 0.25) is 0 Å². The number of aliphatic imine (C=N–C) groups is 1. The molecule has 1 aromatic heterocycles. The Morgan fingerprint density at radius 1 is 1.00 bits per heavy atom. The van der Waals surface area contributed by atoms with Crippen LogP contribution in [0.25, 0.3) is 0 Å². The SMILES string of the molecule is Fc1ccc(C2(c3ccncc3)C=NC(=S)N2)cc1.